The zero-order valence-electron chi connectivity index (χ0n) is 14.8. The van der Waals surface area contributed by atoms with Crippen LogP contribution in [0.3, 0.4) is 0 Å². The van der Waals surface area contributed by atoms with Gasteiger partial charge in [-0.1, -0.05) is 35.0 Å². The lowest BCUT2D eigenvalue weighted by Crippen LogP contribution is -2.44. The molecule has 3 rings (SSSR count). The second kappa shape index (κ2) is 7.23. The molecule has 0 amide bonds. The fraction of sp³-hybridized carbons (Fsp3) is 0.529. The van der Waals surface area contributed by atoms with Crippen molar-refractivity contribution >= 4 is 10.0 Å². The number of aromatic nitrogens is 2. The summed E-state index contributed by atoms with van der Waals surface area (Å²) in [5.74, 6) is 1.19. The Bertz CT molecular complexity index is 809. The summed E-state index contributed by atoms with van der Waals surface area (Å²) in [4.78, 5) is 6.69. The van der Waals surface area contributed by atoms with Gasteiger partial charge in [0, 0.05) is 31.7 Å². The van der Waals surface area contributed by atoms with Crippen LogP contribution in [-0.4, -0.2) is 60.2 Å². The van der Waals surface area contributed by atoms with Gasteiger partial charge in [-0.15, -0.1) is 0 Å². The van der Waals surface area contributed by atoms with Crippen LogP contribution in [0, 0.1) is 6.92 Å². The Kier molecular flexibility index (Phi) is 5.21. The van der Waals surface area contributed by atoms with Crippen molar-refractivity contribution in [1.82, 2.24) is 19.3 Å². The highest BCUT2D eigenvalue weighted by atomic mass is 32.2. The largest absolute Gasteiger partial charge is 0.338 e. The summed E-state index contributed by atoms with van der Waals surface area (Å²) in [6.07, 6.45) is 2.87. The number of rotatable bonds is 5. The maximum Gasteiger partial charge on any atom is 0.241 e. The Morgan fingerprint density at radius 2 is 1.88 bits per heavy atom. The fourth-order valence-electron chi connectivity index (χ4n) is 3.04. The van der Waals surface area contributed by atoms with Crippen molar-refractivity contribution in [3.8, 4) is 11.4 Å². The Labute approximate surface area is 148 Å². The van der Waals surface area contributed by atoms with Gasteiger partial charge >= 0.3 is 0 Å². The molecule has 2 heterocycles. The molecule has 0 aliphatic carbocycles. The van der Waals surface area contributed by atoms with E-state index in [9.17, 15) is 8.42 Å². The minimum atomic E-state index is -3.14. The highest BCUT2D eigenvalue weighted by Gasteiger charge is 2.27. The molecule has 0 saturated carbocycles. The molecule has 0 N–H and O–H groups in total. The summed E-state index contributed by atoms with van der Waals surface area (Å²) < 4.78 is 30.1. The fourth-order valence-corrected chi connectivity index (χ4v) is 3.79. The first kappa shape index (κ1) is 18.0. The van der Waals surface area contributed by atoms with Gasteiger partial charge in [-0.2, -0.15) is 4.98 Å². The van der Waals surface area contributed by atoms with Crippen molar-refractivity contribution in [3.05, 3.63) is 35.7 Å². The molecule has 1 saturated heterocycles. The maximum atomic E-state index is 11.6. The van der Waals surface area contributed by atoms with E-state index >= 15 is 0 Å². The molecular weight excluding hydrogens is 340 g/mol. The highest BCUT2D eigenvalue weighted by Crippen LogP contribution is 2.20. The van der Waals surface area contributed by atoms with E-state index in [4.69, 9.17) is 4.52 Å². The summed E-state index contributed by atoms with van der Waals surface area (Å²) in [6.45, 7) is 4.25. The van der Waals surface area contributed by atoms with Crippen LogP contribution in [0.4, 0.5) is 0 Å². The average Bonchev–Trinajstić information content (AvgIpc) is 3.03. The van der Waals surface area contributed by atoms with Crippen LogP contribution in [0.1, 0.15) is 24.3 Å². The van der Waals surface area contributed by atoms with E-state index in [1.165, 1.54) is 16.1 Å². The Morgan fingerprint density at radius 1 is 1.24 bits per heavy atom. The van der Waals surface area contributed by atoms with E-state index in [1.807, 2.05) is 31.2 Å². The zero-order valence-corrected chi connectivity index (χ0v) is 15.7. The van der Waals surface area contributed by atoms with Gasteiger partial charge in [0.1, 0.15) is 0 Å². The summed E-state index contributed by atoms with van der Waals surface area (Å²) in [7, 11) is -1.48. The minimum absolute atomic E-state index is 0.0667. The van der Waals surface area contributed by atoms with Gasteiger partial charge in [0.05, 0.1) is 12.8 Å². The molecule has 25 heavy (non-hydrogen) atoms. The van der Waals surface area contributed by atoms with E-state index in [1.54, 1.807) is 7.05 Å². The predicted octanol–water partition coefficient (Wildman–Crippen LogP) is 1.90. The second-order valence-electron chi connectivity index (χ2n) is 6.66. The molecule has 8 heteroatoms. The predicted molar refractivity (Wildman–Crippen MR) is 95.4 cm³/mol. The summed E-state index contributed by atoms with van der Waals surface area (Å²) in [6, 6.07) is 8.08. The first-order valence-corrected chi connectivity index (χ1v) is 10.2. The monoisotopic (exact) mass is 364 g/mol. The van der Waals surface area contributed by atoms with E-state index in [2.05, 4.69) is 15.0 Å². The maximum absolute atomic E-state index is 11.6. The number of sulfonamides is 1. The molecule has 0 unspecified atom stereocenters. The first-order chi connectivity index (χ1) is 11.8. The van der Waals surface area contributed by atoms with Gasteiger partial charge in [-0.05, 0) is 19.8 Å². The van der Waals surface area contributed by atoms with Gasteiger partial charge in [0.25, 0.3) is 0 Å². The number of piperidine rings is 1. The average molecular weight is 364 g/mol. The molecule has 1 aromatic carbocycles. The smallest absolute Gasteiger partial charge is 0.241 e. The Morgan fingerprint density at radius 3 is 2.48 bits per heavy atom. The Hall–Kier alpha value is -1.77. The van der Waals surface area contributed by atoms with Crippen LogP contribution in [0.2, 0.25) is 0 Å². The van der Waals surface area contributed by atoms with Crippen LogP contribution in [-0.2, 0) is 16.6 Å². The van der Waals surface area contributed by atoms with Gasteiger partial charge in [-0.3, -0.25) is 4.90 Å². The molecule has 1 aromatic heterocycles. The van der Waals surface area contributed by atoms with Gasteiger partial charge in [0.15, 0.2) is 0 Å². The van der Waals surface area contributed by atoms with Crippen LogP contribution in [0.25, 0.3) is 11.4 Å². The van der Waals surface area contributed by atoms with Crippen LogP contribution in [0.5, 0.6) is 0 Å². The third kappa shape index (κ3) is 4.45. The topological polar surface area (TPSA) is 79.5 Å². The standard InChI is InChI=1S/C17H24N4O3S/c1-13-4-6-14(7-5-13)17-18-16(24-19-17)12-21-10-8-15(9-11-21)20(2)25(3,22)23/h4-7,15H,8-12H2,1-3H3. The number of hydrogen-bond donors (Lipinski definition) is 0. The van der Waals surface area contributed by atoms with Crippen molar-refractivity contribution in [2.45, 2.75) is 32.4 Å². The van der Waals surface area contributed by atoms with E-state index in [-0.39, 0.29) is 6.04 Å². The number of aryl methyl sites for hydroxylation is 1. The van der Waals surface area contributed by atoms with Crippen molar-refractivity contribution in [2.24, 2.45) is 0 Å². The lowest BCUT2D eigenvalue weighted by molar-refractivity contribution is 0.149. The third-order valence-corrected chi connectivity index (χ3v) is 6.08. The van der Waals surface area contributed by atoms with Gasteiger partial charge in [0.2, 0.25) is 21.7 Å². The summed E-state index contributed by atoms with van der Waals surface area (Å²) in [5.41, 5.74) is 2.13. The summed E-state index contributed by atoms with van der Waals surface area (Å²) >= 11 is 0. The molecular formula is C17H24N4O3S. The number of hydrogen-bond acceptors (Lipinski definition) is 6. The third-order valence-electron chi connectivity index (χ3n) is 4.73. The van der Waals surface area contributed by atoms with Gasteiger partial charge < -0.3 is 4.52 Å². The normalized spacial score (nSPS) is 17.3. The molecule has 0 atom stereocenters. The van der Waals surface area contributed by atoms with Crippen LogP contribution >= 0.6 is 0 Å². The van der Waals surface area contributed by atoms with Crippen molar-refractivity contribution in [1.29, 1.82) is 0 Å². The lowest BCUT2D eigenvalue weighted by Gasteiger charge is -2.34. The molecule has 0 bridgehead atoms. The highest BCUT2D eigenvalue weighted by molar-refractivity contribution is 7.88. The summed E-state index contributed by atoms with van der Waals surface area (Å²) in [5, 5.41) is 4.06. The number of likely N-dealkylation sites (tertiary alicyclic amines) is 1. The minimum Gasteiger partial charge on any atom is -0.338 e. The van der Waals surface area contributed by atoms with Crippen LogP contribution < -0.4 is 0 Å². The molecule has 2 aromatic rings. The van der Waals surface area contributed by atoms with Crippen molar-refractivity contribution in [2.75, 3.05) is 26.4 Å². The quantitative estimate of drug-likeness (QED) is 0.806. The second-order valence-corrected chi connectivity index (χ2v) is 8.71. The van der Waals surface area contributed by atoms with Gasteiger partial charge in [-0.25, -0.2) is 12.7 Å². The zero-order chi connectivity index (χ0) is 18.0. The molecule has 136 valence electrons. The number of benzene rings is 1. The van der Waals surface area contributed by atoms with E-state index in [0.717, 1.165) is 31.5 Å². The SMILES string of the molecule is Cc1ccc(-c2noc(CN3CCC(N(C)S(C)(=O)=O)CC3)n2)cc1. The van der Waals surface area contributed by atoms with Crippen molar-refractivity contribution in [3.63, 3.8) is 0 Å². The lowest BCUT2D eigenvalue weighted by atomic mass is 10.1. The Balaban J connectivity index is 1.57. The molecule has 1 aliphatic heterocycles. The van der Waals surface area contributed by atoms with Crippen molar-refractivity contribution < 1.29 is 12.9 Å². The van der Waals surface area contributed by atoms with E-state index < -0.39 is 10.0 Å². The molecule has 7 nitrogen and oxygen atoms in total. The molecule has 0 radical (unpaired) electrons. The molecule has 1 aliphatic rings. The molecule has 0 spiro atoms. The molecule has 1 fully saturated rings. The number of nitrogens with zero attached hydrogens (tertiary/aromatic N) is 4. The first-order valence-electron chi connectivity index (χ1n) is 8.38. The van der Waals surface area contributed by atoms with E-state index in [0.29, 0.717) is 18.3 Å². The van der Waals surface area contributed by atoms with Crippen LogP contribution in [0.15, 0.2) is 28.8 Å².